The molecule has 1 rings (SSSR count). The smallest absolute Gasteiger partial charge is 0.263 e. The summed E-state index contributed by atoms with van der Waals surface area (Å²) in [5, 5.41) is 19.6. The summed E-state index contributed by atoms with van der Waals surface area (Å²) in [5.41, 5.74) is 0.764. The SMILES string of the molecule is CCC(C)NC(=O)/C(C#N)=C\NCc1ccc(S(N)(=O)=O)cc1. The summed E-state index contributed by atoms with van der Waals surface area (Å²) < 4.78 is 22.3. The van der Waals surface area contributed by atoms with Gasteiger partial charge in [0.05, 0.1) is 4.90 Å². The van der Waals surface area contributed by atoms with Crippen LogP contribution in [0.5, 0.6) is 0 Å². The molecule has 1 unspecified atom stereocenters. The van der Waals surface area contributed by atoms with E-state index < -0.39 is 15.9 Å². The van der Waals surface area contributed by atoms with Gasteiger partial charge in [-0.15, -0.1) is 0 Å². The molecule has 0 heterocycles. The number of rotatable bonds is 7. The number of sulfonamides is 1. The fourth-order valence-electron chi connectivity index (χ4n) is 1.62. The minimum atomic E-state index is -3.71. The molecule has 0 saturated carbocycles. The summed E-state index contributed by atoms with van der Waals surface area (Å²) in [6.07, 6.45) is 2.11. The van der Waals surface area contributed by atoms with Crippen molar-refractivity contribution in [1.29, 1.82) is 5.26 Å². The van der Waals surface area contributed by atoms with Gasteiger partial charge in [0, 0.05) is 18.8 Å². The summed E-state index contributed by atoms with van der Waals surface area (Å²) in [7, 11) is -3.71. The topological polar surface area (TPSA) is 125 Å². The highest BCUT2D eigenvalue weighted by molar-refractivity contribution is 7.89. The molecule has 0 saturated heterocycles. The molecule has 0 aliphatic carbocycles. The normalized spacial score (nSPS) is 13.0. The van der Waals surface area contributed by atoms with Gasteiger partial charge in [-0.25, -0.2) is 13.6 Å². The van der Waals surface area contributed by atoms with Crippen molar-refractivity contribution in [2.24, 2.45) is 5.14 Å². The number of nitrogens with one attached hydrogen (secondary N) is 2. The third-order valence-corrected chi connectivity index (χ3v) is 4.09. The highest BCUT2D eigenvalue weighted by Gasteiger charge is 2.11. The number of amides is 1. The van der Waals surface area contributed by atoms with Gasteiger partial charge in [-0.3, -0.25) is 4.79 Å². The largest absolute Gasteiger partial charge is 0.386 e. The van der Waals surface area contributed by atoms with Crippen LogP contribution in [0.3, 0.4) is 0 Å². The molecule has 1 atom stereocenters. The lowest BCUT2D eigenvalue weighted by atomic mass is 10.2. The van der Waals surface area contributed by atoms with E-state index in [9.17, 15) is 13.2 Å². The molecule has 4 N–H and O–H groups in total. The van der Waals surface area contributed by atoms with Gasteiger partial charge in [-0.05, 0) is 31.0 Å². The van der Waals surface area contributed by atoms with Gasteiger partial charge in [0.1, 0.15) is 11.6 Å². The highest BCUT2D eigenvalue weighted by Crippen LogP contribution is 2.08. The maximum atomic E-state index is 11.8. The van der Waals surface area contributed by atoms with Crippen LogP contribution in [-0.2, 0) is 21.4 Å². The number of hydrogen-bond acceptors (Lipinski definition) is 5. The maximum Gasteiger partial charge on any atom is 0.263 e. The van der Waals surface area contributed by atoms with E-state index in [1.165, 1.54) is 18.3 Å². The molecule has 0 spiro atoms. The minimum absolute atomic E-state index is 0.00925. The first-order valence-corrected chi connectivity index (χ1v) is 8.58. The Kier molecular flexibility index (Phi) is 6.75. The average Bonchev–Trinajstić information content (AvgIpc) is 2.50. The molecule has 7 nitrogen and oxygen atoms in total. The number of benzene rings is 1. The number of nitrogens with zero attached hydrogens (tertiary/aromatic N) is 1. The Hall–Kier alpha value is -2.37. The van der Waals surface area contributed by atoms with Gasteiger partial charge in [-0.1, -0.05) is 19.1 Å². The van der Waals surface area contributed by atoms with Crippen LogP contribution < -0.4 is 15.8 Å². The molecule has 0 radical (unpaired) electrons. The Balaban J connectivity index is 2.66. The van der Waals surface area contributed by atoms with Crippen molar-refractivity contribution in [3.63, 3.8) is 0 Å². The van der Waals surface area contributed by atoms with Crippen molar-refractivity contribution in [1.82, 2.24) is 10.6 Å². The molecule has 124 valence electrons. The summed E-state index contributed by atoms with van der Waals surface area (Å²) >= 11 is 0. The zero-order valence-corrected chi connectivity index (χ0v) is 13.9. The summed E-state index contributed by atoms with van der Waals surface area (Å²) in [5.74, 6) is -0.432. The summed E-state index contributed by atoms with van der Waals surface area (Å²) in [6.45, 7) is 4.13. The quantitative estimate of drug-likeness (QED) is 0.500. The lowest BCUT2D eigenvalue weighted by Gasteiger charge is -2.10. The van der Waals surface area contributed by atoms with Crippen LogP contribution in [0, 0.1) is 11.3 Å². The van der Waals surface area contributed by atoms with Gasteiger partial charge in [-0.2, -0.15) is 5.26 Å². The Morgan fingerprint density at radius 3 is 2.48 bits per heavy atom. The fourth-order valence-corrected chi connectivity index (χ4v) is 2.14. The molecule has 0 bridgehead atoms. The van der Waals surface area contributed by atoms with E-state index in [0.29, 0.717) is 6.54 Å². The number of hydrogen-bond donors (Lipinski definition) is 3. The zero-order chi connectivity index (χ0) is 17.5. The zero-order valence-electron chi connectivity index (χ0n) is 13.0. The Labute approximate surface area is 136 Å². The first-order chi connectivity index (χ1) is 10.8. The molecule has 0 aromatic heterocycles. The molecule has 1 amide bonds. The van der Waals surface area contributed by atoms with Gasteiger partial charge in [0.15, 0.2) is 0 Å². The van der Waals surface area contributed by atoms with Crippen molar-refractivity contribution < 1.29 is 13.2 Å². The minimum Gasteiger partial charge on any atom is -0.386 e. The van der Waals surface area contributed by atoms with Crippen LogP contribution in [0.1, 0.15) is 25.8 Å². The van der Waals surface area contributed by atoms with Crippen molar-refractivity contribution >= 4 is 15.9 Å². The van der Waals surface area contributed by atoms with Gasteiger partial charge in [0.25, 0.3) is 5.91 Å². The third-order valence-electron chi connectivity index (χ3n) is 3.16. The number of primary sulfonamides is 1. The number of nitrogens with two attached hydrogens (primary N) is 1. The number of carbonyl (C=O) groups is 1. The van der Waals surface area contributed by atoms with Crippen LogP contribution >= 0.6 is 0 Å². The number of carbonyl (C=O) groups excluding carboxylic acids is 1. The molecule has 1 aromatic carbocycles. The fraction of sp³-hybridized carbons (Fsp3) is 0.333. The van der Waals surface area contributed by atoms with E-state index in [1.807, 2.05) is 19.9 Å². The predicted octanol–water partition coefficient (Wildman–Crippen LogP) is 0.746. The monoisotopic (exact) mass is 336 g/mol. The van der Waals surface area contributed by atoms with Crippen molar-refractivity contribution in [3.8, 4) is 6.07 Å². The summed E-state index contributed by atoms with van der Waals surface area (Å²) in [4.78, 5) is 11.8. The molecule has 23 heavy (non-hydrogen) atoms. The van der Waals surface area contributed by atoms with Crippen molar-refractivity contribution in [3.05, 3.63) is 41.6 Å². The molecule has 0 aliphatic heterocycles. The Morgan fingerprint density at radius 1 is 1.39 bits per heavy atom. The van der Waals surface area contributed by atoms with E-state index in [1.54, 1.807) is 12.1 Å². The lowest BCUT2D eigenvalue weighted by Crippen LogP contribution is -2.33. The predicted molar refractivity (Wildman–Crippen MR) is 86.2 cm³/mol. The molecular weight excluding hydrogens is 316 g/mol. The van der Waals surface area contributed by atoms with Crippen LogP contribution in [0.2, 0.25) is 0 Å². The van der Waals surface area contributed by atoms with Crippen LogP contribution in [-0.4, -0.2) is 20.4 Å². The van der Waals surface area contributed by atoms with Gasteiger partial charge < -0.3 is 10.6 Å². The lowest BCUT2D eigenvalue weighted by molar-refractivity contribution is -0.117. The summed E-state index contributed by atoms with van der Waals surface area (Å²) in [6, 6.07) is 7.83. The molecular formula is C15H20N4O3S. The standard InChI is InChI=1S/C15H20N4O3S/c1-3-11(2)19-15(20)13(8-16)10-18-9-12-4-6-14(7-5-12)23(17,21)22/h4-7,10-11,18H,3,9H2,1-2H3,(H,19,20)(H2,17,21,22)/b13-10-. The maximum absolute atomic E-state index is 11.8. The van der Waals surface area contributed by atoms with Crippen LogP contribution in [0.25, 0.3) is 0 Å². The average molecular weight is 336 g/mol. The second kappa shape index (κ2) is 8.31. The molecule has 1 aromatic rings. The van der Waals surface area contributed by atoms with Crippen LogP contribution in [0.15, 0.2) is 40.9 Å². The van der Waals surface area contributed by atoms with Crippen LogP contribution in [0.4, 0.5) is 0 Å². The number of nitriles is 1. The molecule has 0 fully saturated rings. The van der Waals surface area contributed by atoms with Gasteiger partial charge in [0.2, 0.25) is 10.0 Å². The van der Waals surface area contributed by atoms with E-state index in [2.05, 4.69) is 10.6 Å². The van der Waals surface area contributed by atoms with E-state index in [4.69, 9.17) is 10.4 Å². The van der Waals surface area contributed by atoms with Crippen molar-refractivity contribution in [2.75, 3.05) is 0 Å². The first kappa shape index (κ1) is 18.7. The highest BCUT2D eigenvalue weighted by atomic mass is 32.2. The first-order valence-electron chi connectivity index (χ1n) is 7.04. The van der Waals surface area contributed by atoms with E-state index in [0.717, 1.165) is 12.0 Å². The van der Waals surface area contributed by atoms with E-state index >= 15 is 0 Å². The van der Waals surface area contributed by atoms with Gasteiger partial charge >= 0.3 is 0 Å². The Bertz CT molecular complexity index is 718. The molecule has 8 heteroatoms. The molecule has 0 aliphatic rings. The second-order valence-electron chi connectivity index (χ2n) is 5.02. The third kappa shape index (κ3) is 6.10. The van der Waals surface area contributed by atoms with E-state index in [-0.39, 0.29) is 16.5 Å². The Morgan fingerprint density at radius 2 is 2.00 bits per heavy atom. The second-order valence-corrected chi connectivity index (χ2v) is 6.58. The van der Waals surface area contributed by atoms with Crippen molar-refractivity contribution in [2.45, 2.75) is 37.8 Å².